The number of amides is 1. The number of rotatable bonds is 5. The lowest BCUT2D eigenvalue weighted by molar-refractivity contribution is -0.123. The molecular weight excluding hydrogens is 512 g/mol. The third kappa shape index (κ3) is 4.57. The van der Waals surface area contributed by atoms with Crippen LogP contribution in [0.1, 0.15) is 37.4 Å². The smallest absolute Gasteiger partial charge is 0.229 e. The molecule has 0 bridgehead atoms. The van der Waals surface area contributed by atoms with Crippen molar-refractivity contribution in [2.75, 3.05) is 5.32 Å². The topological polar surface area (TPSA) is 142 Å². The van der Waals surface area contributed by atoms with Crippen LogP contribution in [0.3, 0.4) is 0 Å². The van der Waals surface area contributed by atoms with E-state index in [1.807, 2.05) is 45.0 Å². The van der Waals surface area contributed by atoms with Crippen LogP contribution in [0.25, 0.3) is 55.2 Å². The number of thiophene rings is 1. The van der Waals surface area contributed by atoms with E-state index in [4.69, 9.17) is 4.98 Å². The van der Waals surface area contributed by atoms with Gasteiger partial charge in [0.1, 0.15) is 11.2 Å². The lowest BCUT2D eigenvalue weighted by Crippen LogP contribution is -2.27. The van der Waals surface area contributed by atoms with E-state index >= 15 is 0 Å². The molecule has 0 atom stereocenters. The van der Waals surface area contributed by atoms with E-state index in [9.17, 15) is 9.59 Å². The molecule has 0 saturated carbocycles. The first-order valence-corrected chi connectivity index (χ1v) is 13.1. The van der Waals surface area contributed by atoms with Crippen LogP contribution in [-0.2, 0) is 4.79 Å². The second kappa shape index (κ2) is 9.21. The largest absolute Gasteiger partial charge is 0.335 e. The number of hydrogen-bond acceptors (Lipinski definition) is 8. The molecular formula is C28H24N8O2S. The Hall–Kier alpha value is -4.77. The molecule has 39 heavy (non-hydrogen) atoms. The van der Waals surface area contributed by atoms with Gasteiger partial charge in [0, 0.05) is 39.2 Å². The van der Waals surface area contributed by atoms with Crippen molar-refractivity contribution in [3.8, 4) is 33.2 Å². The van der Waals surface area contributed by atoms with E-state index in [-0.39, 0.29) is 11.7 Å². The van der Waals surface area contributed by atoms with Gasteiger partial charge in [-0.3, -0.25) is 29.6 Å². The minimum atomic E-state index is -0.528. The highest BCUT2D eigenvalue weighted by molar-refractivity contribution is 7.17. The normalized spacial score (nSPS) is 11.8. The predicted molar refractivity (Wildman–Crippen MR) is 151 cm³/mol. The number of carbonyl (C=O) groups excluding carboxylic acids is 2. The van der Waals surface area contributed by atoms with Crippen molar-refractivity contribution >= 4 is 50.7 Å². The molecule has 6 aromatic heterocycles. The molecule has 0 fully saturated rings. The van der Waals surface area contributed by atoms with E-state index < -0.39 is 5.41 Å². The molecule has 0 radical (unpaired) electrons. The Bertz CT molecular complexity index is 1890. The maximum absolute atomic E-state index is 12.4. The molecule has 0 saturated heterocycles. The standard InChI is InChI=1S/C28H24N8O2S/c1-14(37)22-5-6-23(39-22)18-11-30-12-21-24(18)34-26(33-21)25-17-8-19(31-13-20(17)35-36-25)15-7-16(10-29-9-15)32-27(38)28(2,3)4/h5-13H,1-4H3,(H,32,38)(H,33,34)(H,35,36). The average molecular weight is 537 g/mol. The Labute approximate surface area is 227 Å². The second-order valence-electron chi connectivity index (χ2n) is 10.2. The van der Waals surface area contributed by atoms with Crippen LogP contribution in [0.15, 0.2) is 55.2 Å². The summed E-state index contributed by atoms with van der Waals surface area (Å²) in [5.41, 5.74) is 5.24. The first-order valence-electron chi connectivity index (χ1n) is 12.2. The van der Waals surface area contributed by atoms with Crippen molar-refractivity contribution in [2.45, 2.75) is 27.7 Å². The number of nitrogens with one attached hydrogen (secondary N) is 3. The zero-order valence-corrected chi connectivity index (χ0v) is 22.5. The quantitative estimate of drug-likeness (QED) is 0.234. The Morgan fingerprint density at radius 3 is 2.56 bits per heavy atom. The lowest BCUT2D eigenvalue weighted by atomic mass is 9.95. The van der Waals surface area contributed by atoms with Crippen molar-refractivity contribution in [1.82, 2.24) is 35.1 Å². The van der Waals surface area contributed by atoms with Crippen LogP contribution in [0.2, 0.25) is 0 Å². The minimum Gasteiger partial charge on any atom is -0.335 e. The van der Waals surface area contributed by atoms with Crippen LogP contribution in [0.4, 0.5) is 5.69 Å². The maximum atomic E-state index is 12.4. The van der Waals surface area contributed by atoms with Gasteiger partial charge in [0.2, 0.25) is 5.91 Å². The van der Waals surface area contributed by atoms with E-state index in [0.29, 0.717) is 27.8 Å². The predicted octanol–water partition coefficient (Wildman–Crippen LogP) is 5.87. The fourth-order valence-corrected chi connectivity index (χ4v) is 5.03. The van der Waals surface area contributed by atoms with E-state index in [2.05, 4.69) is 35.5 Å². The molecule has 0 aliphatic heterocycles. The summed E-state index contributed by atoms with van der Waals surface area (Å²) in [6.45, 7) is 7.13. The summed E-state index contributed by atoms with van der Waals surface area (Å²) >= 11 is 1.42. The van der Waals surface area contributed by atoms with Gasteiger partial charge >= 0.3 is 0 Å². The zero-order chi connectivity index (χ0) is 27.3. The van der Waals surface area contributed by atoms with Crippen molar-refractivity contribution in [3.63, 3.8) is 0 Å². The van der Waals surface area contributed by atoms with Gasteiger partial charge in [0.25, 0.3) is 0 Å². The number of hydrogen-bond donors (Lipinski definition) is 3. The number of carbonyl (C=O) groups is 2. The summed E-state index contributed by atoms with van der Waals surface area (Å²) in [7, 11) is 0. The van der Waals surface area contributed by atoms with Gasteiger partial charge in [-0.25, -0.2) is 4.98 Å². The summed E-state index contributed by atoms with van der Waals surface area (Å²) in [4.78, 5) is 47.3. The SMILES string of the molecule is CC(=O)c1ccc(-c2cncc3[nH]c(-c4n[nH]c5cnc(-c6cncc(NC(=O)C(C)(C)C)c6)cc45)nc23)s1. The molecule has 1 amide bonds. The maximum Gasteiger partial charge on any atom is 0.229 e. The van der Waals surface area contributed by atoms with Crippen molar-refractivity contribution < 1.29 is 9.59 Å². The molecule has 6 rings (SSSR count). The Balaban J connectivity index is 1.39. The Morgan fingerprint density at radius 2 is 1.79 bits per heavy atom. The number of aromatic nitrogens is 7. The molecule has 3 N–H and O–H groups in total. The summed E-state index contributed by atoms with van der Waals surface area (Å²) in [5.74, 6) is 0.509. The fourth-order valence-electron chi connectivity index (χ4n) is 4.12. The molecule has 0 aliphatic rings. The molecule has 6 aromatic rings. The number of fused-ring (bicyclic) bond motifs is 2. The number of Topliss-reactive ketones (excluding diaryl/α,β-unsaturated/α-hetero) is 1. The molecule has 194 valence electrons. The van der Waals surface area contributed by atoms with Crippen molar-refractivity contribution in [3.05, 3.63) is 60.1 Å². The summed E-state index contributed by atoms with van der Waals surface area (Å²) in [6.07, 6.45) is 8.51. The first-order chi connectivity index (χ1) is 18.7. The van der Waals surface area contributed by atoms with E-state index in [0.717, 1.165) is 37.9 Å². The average Bonchev–Trinajstić information content (AvgIpc) is 3.65. The number of aromatic amines is 2. The number of anilines is 1. The number of ketones is 1. The summed E-state index contributed by atoms with van der Waals surface area (Å²) < 4.78 is 0. The number of H-pyrrole nitrogens is 2. The Kier molecular flexibility index (Phi) is 5.80. The zero-order valence-electron chi connectivity index (χ0n) is 21.7. The second-order valence-corrected chi connectivity index (χ2v) is 11.3. The van der Waals surface area contributed by atoms with Gasteiger partial charge in [-0.2, -0.15) is 5.10 Å². The lowest BCUT2D eigenvalue weighted by Gasteiger charge is -2.17. The highest BCUT2D eigenvalue weighted by Crippen LogP contribution is 2.35. The minimum absolute atomic E-state index is 0.0267. The van der Waals surface area contributed by atoms with Crippen molar-refractivity contribution in [2.24, 2.45) is 5.41 Å². The van der Waals surface area contributed by atoms with Gasteiger partial charge < -0.3 is 10.3 Å². The van der Waals surface area contributed by atoms with Gasteiger partial charge in [0.15, 0.2) is 11.6 Å². The van der Waals surface area contributed by atoms with Gasteiger partial charge in [-0.05, 0) is 31.2 Å². The van der Waals surface area contributed by atoms with E-state index in [1.165, 1.54) is 11.3 Å². The molecule has 11 heteroatoms. The molecule has 0 unspecified atom stereocenters. The Morgan fingerprint density at radius 1 is 0.974 bits per heavy atom. The van der Waals surface area contributed by atoms with Gasteiger partial charge in [-0.1, -0.05) is 20.8 Å². The summed E-state index contributed by atoms with van der Waals surface area (Å²) in [6, 6.07) is 7.51. The highest BCUT2D eigenvalue weighted by atomic mass is 32.1. The number of imidazole rings is 1. The van der Waals surface area contributed by atoms with Gasteiger partial charge in [-0.15, -0.1) is 11.3 Å². The van der Waals surface area contributed by atoms with Gasteiger partial charge in [0.05, 0.1) is 45.9 Å². The third-order valence-corrected chi connectivity index (χ3v) is 7.48. The van der Waals surface area contributed by atoms with Crippen LogP contribution >= 0.6 is 11.3 Å². The molecule has 0 spiro atoms. The van der Waals surface area contributed by atoms with Crippen LogP contribution in [-0.4, -0.2) is 46.8 Å². The molecule has 0 aromatic carbocycles. The highest BCUT2D eigenvalue weighted by Gasteiger charge is 2.22. The van der Waals surface area contributed by atoms with E-state index in [1.54, 1.807) is 37.9 Å². The fraction of sp³-hybridized carbons (Fsp3) is 0.179. The number of pyridine rings is 3. The summed E-state index contributed by atoms with van der Waals surface area (Å²) in [5, 5.41) is 11.3. The molecule has 6 heterocycles. The molecule has 0 aliphatic carbocycles. The molecule has 10 nitrogen and oxygen atoms in total. The third-order valence-electron chi connectivity index (χ3n) is 6.26. The monoisotopic (exact) mass is 536 g/mol. The van der Waals surface area contributed by atoms with Crippen molar-refractivity contribution in [1.29, 1.82) is 0 Å². The number of nitrogens with zero attached hydrogens (tertiary/aromatic N) is 5. The first kappa shape index (κ1) is 24.6. The van der Waals surface area contributed by atoms with Crippen LogP contribution in [0.5, 0.6) is 0 Å². The van der Waals surface area contributed by atoms with Crippen LogP contribution < -0.4 is 5.32 Å². The van der Waals surface area contributed by atoms with Crippen LogP contribution in [0, 0.1) is 5.41 Å².